The average molecular weight is 186 g/mol. The number of fused-ring (bicyclic) bond motifs is 1. The van der Waals surface area contributed by atoms with Crippen molar-refractivity contribution in [2.24, 2.45) is 0 Å². The summed E-state index contributed by atoms with van der Waals surface area (Å²) in [4.78, 5) is 4.07. The summed E-state index contributed by atoms with van der Waals surface area (Å²) in [6.07, 6.45) is 1.76. The number of nitrogens with zero attached hydrogens (tertiary/aromatic N) is 1. The molecule has 9 heavy (non-hydrogen) atoms. The first kappa shape index (κ1) is 5.05. The summed E-state index contributed by atoms with van der Waals surface area (Å²) >= 11 is 3.30. The molecule has 2 aliphatic rings. The highest BCUT2D eigenvalue weighted by Gasteiger charge is 2.08. The molecule has 0 aromatic rings. The van der Waals surface area contributed by atoms with E-state index >= 15 is 0 Å². The molecule has 0 radical (unpaired) electrons. The second-order valence-electron chi connectivity index (χ2n) is 1.77. The minimum atomic E-state index is 0.905. The predicted octanol–water partition coefficient (Wildman–Crippen LogP) is 1.61. The third-order valence-corrected chi connectivity index (χ3v) is 1.79. The van der Waals surface area contributed by atoms with Crippen molar-refractivity contribution < 1.29 is 0 Å². The smallest absolute Gasteiger partial charge is 0.125 e. The minimum absolute atomic E-state index is 0.905. The highest BCUT2D eigenvalue weighted by molar-refractivity contribution is 9.10. The van der Waals surface area contributed by atoms with Crippen molar-refractivity contribution in [2.45, 2.75) is 0 Å². The standard InChI is InChI=1S/C5H4BrN3/c6-5-4-3(8-9-5)1-2-7-4/h1-2,8-9H. The number of hydrogen-bond donors (Lipinski definition) is 2. The molecule has 0 aliphatic carbocycles. The van der Waals surface area contributed by atoms with Crippen LogP contribution in [0.15, 0.2) is 16.9 Å². The van der Waals surface area contributed by atoms with Gasteiger partial charge in [0.2, 0.25) is 0 Å². The summed E-state index contributed by atoms with van der Waals surface area (Å²) in [5.41, 5.74) is 1.98. The van der Waals surface area contributed by atoms with E-state index in [-0.39, 0.29) is 0 Å². The quantitative estimate of drug-likeness (QED) is 0.644. The maximum absolute atomic E-state index is 4.07. The number of aromatic nitrogens is 3. The van der Waals surface area contributed by atoms with E-state index in [1.807, 2.05) is 6.07 Å². The fourth-order valence-electron chi connectivity index (χ4n) is 0.792. The molecular formula is C5H4BrN3. The lowest BCUT2D eigenvalue weighted by Gasteiger charge is -1.79. The van der Waals surface area contributed by atoms with Crippen LogP contribution in [0.2, 0.25) is 0 Å². The van der Waals surface area contributed by atoms with Gasteiger partial charge in [-0.2, -0.15) is 0 Å². The molecule has 0 amide bonds. The molecule has 0 unspecified atom stereocenters. The summed E-state index contributed by atoms with van der Waals surface area (Å²) in [6.45, 7) is 0. The van der Waals surface area contributed by atoms with Crippen molar-refractivity contribution in [3.63, 3.8) is 0 Å². The van der Waals surface area contributed by atoms with Crippen LogP contribution in [0.5, 0.6) is 0 Å². The van der Waals surface area contributed by atoms with Crippen molar-refractivity contribution in [2.75, 3.05) is 0 Å². The van der Waals surface area contributed by atoms with Crippen LogP contribution in [0.3, 0.4) is 0 Å². The van der Waals surface area contributed by atoms with Crippen LogP contribution in [0.4, 0.5) is 0 Å². The largest absolute Gasteiger partial charge is 0.298 e. The van der Waals surface area contributed by atoms with E-state index in [1.54, 1.807) is 6.20 Å². The highest BCUT2D eigenvalue weighted by Crippen LogP contribution is 2.24. The molecule has 0 saturated carbocycles. The van der Waals surface area contributed by atoms with E-state index in [2.05, 4.69) is 31.1 Å². The second kappa shape index (κ2) is 1.60. The molecule has 2 rings (SSSR count). The molecule has 0 atom stereocenters. The van der Waals surface area contributed by atoms with E-state index in [4.69, 9.17) is 0 Å². The van der Waals surface area contributed by atoms with Crippen LogP contribution in [-0.4, -0.2) is 15.2 Å². The average Bonchev–Trinajstić information content (AvgIpc) is 2.35. The van der Waals surface area contributed by atoms with Crippen LogP contribution < -0.4 is 0 Å². The first-order valence-corrected chi connectivity index (χ1v) is 3.34. The summed E-state index contributed by atoms with van der Waals surface area (Å²) in [5.74, 6) is 0. The SMILES string of the molecule is Brc1[nH][nH]c2ccnc1-2. The van der Waals surface area contributed by atoms with Gasteiger partial charge in [-0.3, -0.25) is 15.2 Å². The normalized spacial score (nSPS) is 10.8. The zero-order chi connectivity index (χ0) is 6.27. The molecule has 0 aromatic heterocycles. The molecule has 0 saturated heterocycles. The molecule has 2 N–H and O–H groups in total. The lowest BCUT2D eigenvalue weighted by atomic mass is 10.4. The maximum Gasteiger partial charge on any atom is 0.125 e. The van der Waals surface area contributed by atoms with E-state index in [9.17, 15) is 0 Å². The zero-order valence-corrected chi connectivity index (χ0v) is 6.07. The van der Waals surface area contributed by atoms with Crippen LogP contribution >= 0.6 is 15.9 Å². The first-order chi connectivity index (χ1) is 4.38. The summed E-state index contributed by atoms with van der Waals surface area (Å²) in [6, 6.07) is 1.91. The van der Waals surface area contributed by atoms with Gasteiger partial charge >= 0.3 is 0 Å². The molecule has 0 bridgehead atoms. The molecule has 0 fully saturated rings. The van der Waals surface area contributed by atoms with Crippen LogP contribution in [0.1, 0.15) is 0 Å². The second-order valence-corrected chi connectivity index (χ2v) is 2.56. The summed E-state index contributed by atoms with van der Waals surface area (Å²) in [7, 11) is 0. The van der Waals surface area contributed by atoms with Gasteiger partial charge in [0.1, 0.15) is 10.3 Å². The van der Waals surface area contributed by atoms with Crippen molar-refractivity contribution in [1.29, 1.82) is 0 Å². The Morgan fingerprint density at radius 3 is 3.11 bits per heavy atom. The fourth-order valence-corrected chi connectivity index (χ4v) is 1.21. The van der Waals surface area contributed by atoms with Gasteiger partial charge in [-0.15, -0.1) is 0 Å². The summed E-state index contributed by atoms with van der Waals surface area (Å²) in [5, 5.41) is 5.82. The Hall–Kier alpha value is -0.770. The van der Waals surface area contributed by atoms with Crippen molar-refractivity contribution in [3.8, 4) is 11.4 Å². The first-order valence-electron chi connectivity index (χ1n) is 2.54. The third-order valence-electron chi connectivity index (χ3n) is 1.21. The van der Waals surface area contributed by atoms with Gasteiger partial charge in [0.05, 0.1) is 5.69 Å². The Morgan fingerprint density at radius 1 is 1.44 bits per heavy atom. The number of hydrogen-bond acceptors (Lipinski definition) is 1. The van der Waals surface area contributed by atoms with E-state index in [0.717, 1.165) is 16.0 Å². The van der Waals surface area contributed by atoms with Crippen LogP contribution in [0.25, 0.3) is 11.4 Å². The van der Waals surface area contributed by atoms with Gasteiger partial charge in [0.25, 0.3) is 0 Å². The maximum atomic E-state index is 4.07. The van der Waals surface area contributed by atoms with Gasteiger partial charge in [-0.1, -0.05) is 0 Å². The van der Waals surface area contributed by atoms with E-state index in [0.29, 0.717) is 0 Å². The van der Waals surface area contributed by atoms with Gasteiger partial charge in [-0.05, 0) is 22.0 Å². The van der Waals surface area contributed by atoms with Gasteiger partial charge in [0, 0.05) is 6.20 Å². The molecule has 3 nitrogen and oxygen atoms in total. The number of H-pyrrole nitrogens is 2. The summed E-state index contributed by atoms with van der Waals surface area (Å²) < 4.78 is 0.905. The molecule has 2 aliphatic heterocycles. The number of rotatable bonds is 0. The lowest BCUT2D eigenvalue weighted by molar-refractivity contribution is 1.08. The van der Waals surface area contributed by atoms with Crippen molar-refractivity contribution in [3.05, 3.63) is 16.9 Å². The van der Waals surface area contributed by atoms with Crippen LogP contribution in [-0.2, 0) is 0 Å². The Labute approximate surface area is 59.9 Å². The molecule has 2 heterocycles. The topological polar surface area (TPSA) is 44.5 Å². The number of halogens is 1. The Bertz CT molecular complexity index is 285. The molecule has 4 heteroatoms. The van der Waals surface area contributed by atoms with Gasteiger partial charge < -0.3 is 0 Å². The van der Waals surface area contributed by atoms with E-state index < -0.39 is 0 Å². The van der Waals surface area contributed by atoms with Gasteiger partial charge in [0.15, 0.2) is 0 Å². The predicted molar refractivity (Wildman–Crippen MR) is 37.3 cm³/mol. The van der Waals surface area contributed by atoms with Crippen molar-refractivity contribution >= 4 is 15.9 Å². The molecule has 0 spiro atoms. The Morgan fingerprint density at radius 2 is 2.33 bits per heavy atom. The van der Waals surface area contributed by atoms with Crippen molar-refractivity contribution in [1.82, 2.24) is 15.2 Å². The Balaban J connectivity index is 2.79. The monoisotopic (exact) mass is 185 g/mol. The number of aromatic amines is 2. The molecular weight excluding hydrogens is 182 g/mol. The number of nitrogens with one attached hydrogen (secondary N) is 2. The Kier molecular flexibility index (Phi) is 0.900. The molecule has 0 aromatic carbocycles. The molecule has 46 valence electrons. The van der Waals surface area contributed by atoms with E-state index in [1.165, 1.54) is 0 Å². The minimum Gasteiger partial charge on any atom is -0.298 e. The highest BCUT2D eigenvalue weighted by atomic mass is 79.9. The third kappa shape index (κ3) is 0.595. The zero-order valence-electron chi connectivity index (χ0n) is 4.48. The van der Waals surface area contributed by atoms with Crippen LogP contribution in [0, 0.1) is 0 Å². The lowest BCUT2D eigenvalue weighted by Crippen LogP contribution is -1.66. The van der Waals surface area contributed by atoms with Gasteiger partial charge in [-0.25, -0.2) is 0 Å². The fraction of sp³-hybridized carbons (Fsp3) is 0.